The van der Waals surface area contributed by atoms with Crippen molar-refractivity contribution in [1.29, 1.82) is 0 Å². The first-order chi connectivity index (χ1) is 9.75. The summed E-state index contributed by atoms with van der Waals surface area (Å²) >= 11 is 0. The lowest BCUT2D eigenvalue weighted by Gasteiger charge is -2.22. The molecule has 102 valence electrons. The largest absolute Gasteiger partial charge is 0.397 e. The SMILES string of the molecule is Nc1cccnc1C(=O)N(Cc1ccccc1)C1CC1. The van der Waals surface area contributed by atoms with Gasteiger partial charge >= 0.3 is 0 Å². The molecule has 2 N–H and O–H groups in total. The van der Waals surface area contributed by atoms with Crippen LogP contribution in [0.25, 0.3) is 0 Å². The molecule has 4 heteroatoms. The van der Waals surface area contributed by atoms with Crippen molar-refractivity contribution in [2.45, 2.75) is 25.4 Å². The summed E-state index contributed by atoms with van der Waals surface area (Å²) in [4.78, 5) is 18.7. The molecular weight excluding hydrogens is 250 g/mol. The Morgan fingerprint density at radius 1 is 1.20 bits per heavy atom. The normalized spacial score (nSPS) is 14.0. The van der Waals surface area contributed by atoms with Crippen LogP contribution in [-0.2, 0) is 6.54 Å². The molecule has 1 aliphatic carbocycles. The molecule has 3 rings (SSSR count). The minimum atomic E-state index is -0.0746. The second-order valence-corrected chi connectivity index (χ2v) is 5.09. The van der Waals surface area contributed by atoms with Crippen molar-refractivity contribution >= 4 is 11.6 Å². The molecule has 0 bridgehead atoms. The maximum absolute atomic E-state index is 12.6. The van der Waals surface area contributed by atoms with Gasteiger partial charge in [-0.3, -0.25) is 4.79 Å². The third-order valence-corrected chi connectivity index (χ3v) is 3.49. The molecule has 1 aromatic heterocycles. The predicted octanol–water partition coefficient (Wildman–Crippen LogP) is 2.47. The predicted molar refractivity (Wildman–Crippen MR) is 78.0 cm³/mol. The number of hydrogen-bond donors (Lipinski definition) is 1. The summed E-state index contributed by atoms with van der Waals surface area (Å²) in [6, 6.07) is 13.8. The van der Waals surface area contributed by atoms with Crippen LogP contribution < -0.4 is 5.73 Å². The molecule has 0 spiro atoms. The van der Waals surface area contributed by atoms with Gasteiger partial charge in [0.1, 0.15) is 0 Å². The van der Waals surface area contributed by atoms with E-state index in [-0.39, 0.29) is 5.91 Å². The average Bonchev–Trinajstić information content (AvgIpc) is 3.30. The Balaban J connectivity index is 1.84. The smallest absolute Gasteiger partial charge is 0.275 e. The highest BCUT2D eigenvalue weighted by Crippen LogP contribution is 2.30. The number of nitrogens with zero attached hydrogens (tertiary/aromatic N) is 2. The molecule has 1 amide bonds. The highest BCUT2D eigenvalue weighted by atomic mass is 16.2. The van der Waals surface area contributed by atoms with Crippen LogP contribution in [-0.4, -0.2) is 21.8 Å². The third-order valence-electron chi connectivity index (χ3n) is 3.49. The van der Waals surface area contributed by atoms with Crippen LogP contribution in [0.3, 0.4) is 0 Å². The van der Waals surface area contributed by atoms with E-state index in [0.717, 1.165) is 18.4 Å². The maximum Gasteiger partial charge on any atom is 0.275 e. The molecule has 2 aromatic rings. The number of benzene rings is 1. The molecule has 1 heterocycles. The van der Waals surface area contributed by atoms with E-state index in [9.17, 15) is 4.79 Å². The van der Waals surface area contributed by atoms with Crippen molar-refractivity contribution in [3.05, 3.63) is 59.9 Å². The number of aromatic nitrogens is 1. The summed E-state index contributed by atoms with van der Waals surface area (Å²) < 4.78 is 0. The van der Waals surface area contributed by atoms with Crippen molar-refractivity contribution in [2.24, 2.45) is 0 Å². The van der Waals surface area contributed by atoms with Gasteiger partial charge < -0.3 is 10.6 Å². The van der Waals surface area contributed by atoms with Crippen molar-refractivity contribution in [3.63, 3.8) is 0 Å². The molecule has 4 nitrogen and oxygen atoms in total. The van der Waals surface area contributed by atoms with Gasteiger partial charge in [0, 0.05) is 18.8 Å². The lowest BCUT2D eigenvalue weighted by atomic mass is 10.2. The Kier molecular flexibility index (Phi) is 3.37. The quantitative estimate of drug-likeness (QED) is 0.925. The van der Waals surface area contributed by atoms with E-state index < -0.39 is 0 Å². The van der Waals surface area contributed by atoms with Crippen LogP contribution in [0.5, 0.6) is 0 Å². The number of carbonyl (C=O) groups is 1. The zero-order valence-corrected chi connectivity index (χ0v) is 11.2. The van der Waals surface area contributed by atoms with Gasteiger partial charge in [-0.15, -0.1) is 0 Å². The zero-order chi connectivity index (χ0) is 13.9. The van der Waals surface area contributed by atoms with Gasteiger partial charge in [-0.2, -0.15) is 0 Å². The number of nitrogens with two attached hydrogens (primary N) is 1. The summed E-state index contributed by atoms with van der Waals surface area (Å²) in [6.07, 6.45) is 3.73. The second kappa shape index (κ2) is 5.33. The van der Waals surface area contributed by atoms with Crippen LogP contribution in [0, 0.1) is 0 Å². The van der Waals surface area contributed by atoms with Gasteiger partial charge in [-0.25, -0.2) is 4.98 Å². The summed E-state index contributed by atoms with van der Waals surface area (Å²) in [5, 5.41) is 0. The molecule has 1 saturated carbocycles. The van der Waals surface area contributed by atoms with E-state index in [1.165, 1.54) is 0 Å². The van der Waals surface area contributed by atoms with Gasteiger partial charge in [-0.1, -0.05) is 30.3 Å². The lowest BCUT2D eigenvalue weighted by Crippen LogP contribution is -2.33. The molecule has 0 radical (unpaired) electrons. The topological polar surface area (TPSA) is 59.2 Å². The fraction of sp³-hybridized carbons (Fsp3) is 0.250. The fourth-order valence-corrected chi connectivity index (χ4v) is 2.27. The van der Waals surface area contributed by atoms with E-state index in [2.05, 4.69) is 4.98 Å². The number of carbonyl (C=O) groups excluding carboxylic acids is 1. The molecule has 0 aliphatic heterocycles. The number of nitrogen functional groups attached to an aromatic ring is 1. The fourth-order valence-electron chi connectivity index (χ4n) is 2.27. The molecule has 0 unspecified atom stereocenters. The molecule has 0 saturated heterocycles. The summed E-state index contributed by atoms with van der Waals surface area (Å²) in [5.74, 6) is -0.0746. The molecule has 20 heavy (non-hydrogen) atoms. The van der Waals surface area contributed by atoms with Crippen LogP contribution in [0.2, 0.25) is 0 Å². The number of amides is 1. The number of pyridine rings is 1. The first-order valence-electron chi connectivity index (χ1n) is 6.81. The first kappa shape index (κ1) is 12.7. The summed E-state index contributed by atoms with van der Waals surface area (Å²) in [5.41, 5.74) is 7.79. The van der Waals surface area contributed by atoms with Gasteiger partial charge in [-0.05, 0) is 30.5 Å². The maximum atomic E-state index is 12.6. The minimum absolute atomic E-state index is 0.0746. The molecular formula is C16H17N3O. The van der Waals surface area contributed by atoms with E-state index in [0.29, 0.717) is 24.0 Å². The Labute approximate surface area is 118 Å². The van der Waals surface area contributed by atoms with Crippen LogP contribution in [0.15, 0.2) is 48.7 Å². The number of anilines is 1. The summed E-state index contributed by atoms with van der Waals surface area (Å²) in [7, 11) is 0. The Morgan fingerprint density at radius 2 is 1.95 bits per heavy atom. The first-order valence-corrected chi connectivity index (χ1v) is 6.81. The highest BCUT2D eigenvalue weighted by Gasteiger charge is 2.34. The van der Waals surface area contributed by atoms with Crippen LogP contribution >= 0.6 is 0 Å². The Bertz CT molecular complexity index is 608. The van der Waals surface area contributed by atoms with Gasteiger partial charge in [0.2, 0.25) is 0 Å². The second-order valence-electron chi connectivity index (χ2n) is 5.09. The van der Waals surface area contributed by atoms with E-state index >= 15 is 0 Å². The number of rotatable bonds is 4. The molecule has 1 aliphatic rings. The van der Waals surface area contributed by atoms with Crippen molar-refractivity contribution in [2.75, 3.05) is 5.73 Å². The lowest BCUT2D eigenvalue weighted by molar-refractivity contribution is 0.0725. The summed E-state index contributed by atoms with van der Waals surface area (Å²) in [6.45, 7) is 0.611. The van der Waals surface area contributed by atoms with Crippen molar-refractivity contribution in [1.82, 2.24) is 9.88 Å². The van der Waals surface area contributed by atoms with Crippen molar-refractivity contribution in [3.8, 4) is 0 Å². The van der Waals surface area contributed by atoms with E-state index in [1.807, 2.05) is 35.2 Å². The monoisotopic (exact) mass is 267 g/mol. The molecule has 1 aromatic carbocycles. The Morgan fingerprint density at radius 3 is 2.60 bits per heavy atom. The third kappa shape index (κ3) is 2.64. The van der Waals surface area contributed by atoms with Crippen LogP contribution in [0.4, 0.5) is 5.69 Å². The zero-order valence-electron chi connectivity index (χ0n) is 11.2. The van der Waals surface area contributed by atoms with E-state index in [4.69, 9.17) is 5.73 Å². The minimum Gasteiger partial charge on any atom is -0.397 e. The van der Waals surface area contributed by atoms with Crippen LogP contribution in [0.1, 0.15) is 28.9 Å². The highest BCUT2D eigenvalue weighted by molar-refractivity contribution is 5.97. The number of hydrogen-bond acceptors (Lipinski definition) is 3. The standard InChI is InChI=1S/C16H17N3O/c17-14-7-4-10-18-15(14)16(20)19(13-8-9-13)11-12-5-2-1-3-6-12/h1-7,10,13H,8-9,11,17H2. The molecule has 1 fully saturated rings. The van der Waals surface area contributed by atoms with E-state index in [1.54, 1.807) is 18.3 Å². The average molecular weight is 267 g/mol. The van der Waals surface area contributed by atoms with Crippen molar-refractivity contribution < 1.29 is 4.79 Å². The Hall–Kier alpha value is -2.36. The van der Waals surface area contributed by atoms with Gasteiger partial charge in [0.05, 0.1) is 5.69 Å². The van der Waals surface area contributed by atoms with Gasteiger partial charge in [0.25, 0.3) is 5.91 Å². The molecule has 0 atom stereocenters. The van der Waals surface area contributed by atoms with Gasteiger partial charge in [0.15, 0.2) is 5.69 Å².